The Morgan fingerprint density at radius 1 is 1.58 bits per heavy atom. The quantitative estimate of drug-likeness (QED) is 0.644. The van der Waals surface area contributed by atoms with E-state index in [1.54, 1.807) is 0 Å². The van der Waals surface area contributed by atoms with Crippen molar-refractivity contribution >= 4 is 35.2 Å². The van der Waals surface area contributed by atoms with E-state index in [4.69, 9.17) is 16.6 Å². The molecule has 1 aromatic rings. The van der Waals surface area contributed by atoms with Gasteiger partial charge in [-0.15, -0.1) is 0 Å². The van der Waals surface area contributed by atoms with Crippen LogP contribution in [0.1, 0.15) is 0 Å². The molecule has 0 spiro atoms. The predicted octanol–water partition coefficient (Wildman–Crippen LogP) is 1.88. The first kappa shape index (κ1) is 9.83. The lowest BCUT2D eigenvalue weighted by Gasteiger charge is -2.06. The van der Waals surface area contributed by atoms with E-state index >= 15 is 0 Å². The Hall–Kier alpha value is -0.255. The fourth-order valence-corrected chi connectivity index (χ4v) is 1.27. The third kappa shape index (κ3) is 1.91. The molecule has 0 unspecified atom stereocenters. The maximum atomic E-state index is 13.1. The highest BCUT2D eigenvalue weighted by Crippen LogP contribution is 2.32. The summed E-state index contributed by atoms with van der Waals surface area (Å²) in [5, 5.41) is 8.37. The van der Waals surface area contributed by atoms with Crippen LogP contribution in [0.25, 0.3) is 0 Å². The van der Waals surface area contributed by atoms with Crippen molar-refractivity contribution in [2.24, 2.45) is 0 Å². The molecule has 1 N–H and O–H groups in total. The lowest BCUT2D eigenvalue weighted by molar-refractivity contribution is 0.430. The summed E-state index contributed by atoms with van der Waals surface area (Å²) in [6.45, 7) is 0. The molecule has 0 amide bonds. The van der Waals surface area contributed by atoms with Crippen molar-refractivity contribution in [3.8, 4) is 5.75 Å². The molecule has 0 atom stereocenters. The first-order chi connectivity index (χ1) is 5.66. The van der Waals surface area contributed by atoms with Gasteiger partial charge in [-0.05, 0) is 28.1 Å². The number of rotatable bonds is 2. The van der Waals surface area contributed by atoms with Crippen molar-refractivity contribution in [2.75, 3.05) is 0 Å². The normalized spacial score (nSPS) is 9.67. The minimum absolute atomic E-state index is 0.0401. The van der Waals surface area contributed by atoms with Gasteiger partial charge in [-0.2, -0.15) is 0 Å². The second-order valence-corrected chi connectivity index (χ2v) is 3.21. The van der Waals surface area contributed by atoms with Gasteiger partial charge < -0.3 is 9.68 Å². The van der Waals surface area contributed by atoms with Gasteiger partial charge in [-0.1, -0.05) is 11.6 Å². The summed E-state index contributed by atoms with van der Waals surface area (Å²) in [5.41, 5.74) is 0. The summed E-state index contributed by atoms with van der Waals surface area (Å²) >= 11 is 8.51. The molecule has 2 nitrogen and oxygen atoms in total. The predicted molar refractivity (Wildman–Crippen MR) is 49.1 cm³/mol. The Balaban J connectivity index is 3.14. The zero-order valence-electron chi connectivity index (χ0n) is 5.85. The third-order valence-corrected chi connectivity index (χ3v) is 2.13. The van der Waals surface area contributed by atoms with Gasteiger partial charge in [0, 0.05) is 0 Å². The summed E-state index contributed by atoms with van der Waals surface area (Å²) in [4.78, 5) is 0. The topological polar surface area (TPSA) is 29.5 Å². The van der Waals surface area contributed by atoms with Crippen molar-refractivity contribution in [3.05, 3.63) is 27.4 Å². The molecular weight excluding hydrogens is 249 g/mol. The monoisotopic (exact) mass is 252 g/mol. The molecular formula is C6H4BBrClFO2. The number of hydrogen-bond acceptors (Lipinski definition) is 2. The molecule has 0 bridgehead atoms. The Morgan fingerprint density at radius 3 is 2.83 bits per heavy atom. The van der Waals surface area contributed by atoms with Crippen molar-refractivity contribution in [3.63, 3.8) is 0 Å². The smallest absolute Gasteiger partial charge is 0.504 e. The van der Waals surface area contributed by atoms with E-state index in [0.29, 0.717) is 4.47 Å². The lowest BCUT2D eigenvalue weighted by Crippen LogP contribution is -2.02. The molecule has 6 heteroatoms. The van der Waals surface area contributed by atoms with E-state index in [-0.39, 0.29) is 10.8 Å². The Morgan fingerprint density at radius 2 is 2.25 bits per heavy atom. The van der Waals surface area contributed by atoms with Crippen LogP contribution in [0.5, 0.6) is 5.75 Å². The second-order valence-electron chi connectivity index (χ2n) is 1.95. The van der Waals surface area contributed by atoms with Crippen molar-refractivity contribution in [1.29, 1.82) is 0 Å². The largest absolute Gasteiger partial charge is 0.536 e. The summed E-state index contributed by atoms with van der Waals surface area (Å²) in [5.74, 6) is -0.759. The zero-order valence-corrected chi connectivity index (χ0v) is 8.19. The van der Waals surface area contributed by atoms with Gasteiger partial charge in [0.25, 0.3) is 0 Å². The van der Waals surface area contributed by atoms with Crippen LogP contribution in [0.3, 0.4) is 0 Å². The Labute approximate surface area is 82.7 Å². The van der Waals surface area contributed by atoms with E-state index in [9.17, 15) is 4.39 Å². The van der Waals surface area contributed by atoms with E-state index in [0.717, 1.165) is 0 Å². The molecule has 0 saturated carbocycles. The van der Waals surface area contributed by atoms with Crippen LogP contribution in [0.15, 0.2) is 16.6 Å². The Kier molecular flexibility index (Phi) is 3.37. The summed E-state index contributed by atoms with van der Waals surface area (Å²) in [7, 11) is -0.587. The average Bonchev–Trinajstić information content (AvgIpc) is 2.06. The highest BCUT2D eigenvalue weighted by molar-refractivity contribution is 9.10. The van der Waals surface area contributed by atoms with Gasteiger partial charge in [-0.25, -0.2) is 4.39 Å². The van der Waals surface area contributed by atoms with Gasteiger partial charge in [0.1, 0.15) is 0 Å². The molecule has 1 aromatic carbocycles. The molecule has 0 saturated heterocycles. The van der Waals surface area contributed by atoms with E-state index in [1.807, 2.05) is 0 Å². The van der Waals surface area contributed by atoms with Gasteiger partial charge in [0.2, 0.25) is 0 Å². The highest BCUT2D eigenvalue weighted by atomic mass is 79.9. The minimum Gasteiger partial charge on any atom is -0.536 e. The average molecular weight is 253 g/mol. The fraction of sp³-hybridized carbons (Fsp3) is 0. The maximum Gasteiger partial charge on any atom is 0.504 e. The molecule has 0 aliphatic rings. The lowest BCUT2D eigenvalue weighted by atomic mass is 10.3. The van der Waals surface area contributed by atoms with Crippen LogP contribution in [-0.4, -0.2) is 12.7 Å². The standard InChI is InChI=1S/C6H4BBrClFO2/c8-3-1-2-4(9)5(10)6(3)12-7-11/h1-2,7,11H. The maximum absolute atomic E-state index is 13.1. The first-order valence-electron chi connectivity index (χ1n) is 3.04. The summed E-state index contributed by atoms with van der Waals surface area (Å²) < 4.78 is 18.1. The second kappa shape index (κ2) is 4.12. The molecule has 0 aliphatic carbocycles. The molecule has 0 fully saturated rings. The third-order valence-electron chi connectivity index (χ3n) is 1.21. The Bertz CT molecular complexity index is 297. The fourth-order valence-electron chi connectivity index (χ4n) is 0.705. The van der Waals surface area contributed by atoms with Crippen LogP contribution in [-0.2, 0) is 0 Å². The summed E-state index contributed by atoms with van der Waals surface area (Å²) in [6.07, 6.45) is 0. The van der Waals surface area contributed by atoms with Gasteiger partial charge >= 0.3 is 7.69 Å². The van der Waals surface area contributed by atoms with E-state index < -0.39 is 13.5 Å². The highest BCUT2D eigenvalue weighted by Gasteiger charge is 2.11. The first-order valence-corrected chi connectivity index (χ1v) is 4.21. The molecule has 0 heterocycles. The molecule has 0 aromatic heterocycles. The van der Waals surface area contributed by atoms with Crippen molar-refractivity contribution in [2.45, 2.75) is 0 Å². The van der Waals surface area contributed by atoms with Crippen molar-refractivity contribution < 1.29 is 14.1 Å². The van der Waals surface area contributed by atoms with Crippen molar-refractivity contribution in [1.82, 2.24) is 0 Å². The van der Waals surface area contributed by atoms with Crippen LogP contribution in [0.4, 0.5) is 4.39 Å². The molecule has 0 aliphatic heterocycles. The molecule has 12 heavy (non-hydrogen) atoms. The summed E-state index contributed by atoms with van der Waals surface area (Å²) in [6, 6.07) is 2.93. The van der Waals surface area contributed by atoms with Gasteiger partial charge in [0.15, 0.2) is 11.6 Å². The van der Waals surface area contributed by atoms with E-state index in [2.05, 4.69) is 20.6 Å². The zero-order chi connectivity index (χ0) is 9.14. The number of hydrogen-bond donors (Lipinski definition) is 1. The van der Waals surface area contributed by atoms with Crippen LogP contribution >= 0.6 is 27.5 Å². The van der Waals surface area contributed by atoms with E-state index in [1.165, 1.54) is 12.1 Å². The minimum atomic E-state index is -0.680. The van der Waals surface area contributed by atoms with Crippen LogP contribution in [0, 0.1) is 5.82 Å². The van der Waals surface area contributed by atoms with Crippen LogP contribution < -0.4 is 4.65 Å². The van der Waals surface area contributed by atoms with Gasteiger partial charge in [0.05, 0.1) is 9.50 Å². The number of halogens is 3. The van der Waals surface area contributed by atoms with Crippen LogP contribution in [0.2, 0.25) is 5.02 Å². The number of benzene rings is 1. The molecule has 1 rings (SSSR count). The molecule has 0 radical (unpaired) electrons. The molecule has 64 valence electrons. The SMILES string of the molecule is OBOc1c(Br)ccc(Cl)c1F. The van der Waals surface area contributed by atoms with Gasteiger partial charge in [-0.3, -0.25) is 0 Å².